The second-order valence-corrected chi connectivity index (χ2v) is 8.76. The number of anilines is 2. The molecule has 176 valence electrons. The minimum absolute atomic E-state index is 0.00557. The molecule has 4 rings (SSSR count). The highest BCUT2D eigenvalue weighted by molar-refractivity contribution is 7.13. The van der Waals surface area contributed by atoms with E-state index in [2.05, 4.69) is 9.97 Å². The fourth-order valence-electron chi connectivity index (χ4n) is 3.51. The van der Waals surface area contributed by atoms with Crippen molar-refractivity contribution in [1.82, 2.24) is 19.4 Å². The first-order valence-electron chi connectivity index (χ1n) is 10.4. The molecule has 0 unspecified atom stereocenters. The molecule has 0 aliphatic heterocycles. The fraction of sp³-hybridized carbons (Fsp3) is 0.217. The van der Waals surface area contributed by atoms with Gasteiger partial charge in [-0.3, -0.25) is 24.0 Å². The van der Waals surface area contributed by atoms with Crippen molar-refractivity contribution < 1.29 is 9.21 Å². The highest BCUT2D eigenvalue weighted by Crippen LogP contribution is 2.24. The van der Waals surface area contributed by atoms with Crippen LogP contribution in [0.1, 0.15) is 11.3 Å². The maximum Gasteiger partial charge on any atom is 0.330 e. The Bertz CT molecular complexity index is 1390. The largest absolute Gasteiger partial charge is 0.444 e. The van der Waals surface area contributed by atoms with Crippen LogP contribution in [0.4, 0.5) is 11.5 Å². The lowest BCUT2D eigenvalue weighted by molar-refractivity contribution is -0.119. The number of likely N-dealkylation sites (N-methyl/N-ethyl adjacent to an activating group) is 2. The van der Waals surface area contributed by atoms with Crippen LogP contribution >= 0.6 is 11.3 Å². The zero-order valence-electron chi connectivity index (χ0n) is 18.7. The van der Waals surface area contributed by atoms with Crippen LogP contribution in [0.3, 0.4) is 0 Å². The summed E-state index contributed by atoms with van der Waals surface area (Å²) in [4.78, 5) is 48.4. The summed E-state index contributed by atoms with van der Waals surface area (Å²) < 4.78 is 6.76. The summed E-state index contributed by atoms with van der Waals surface area (Å²) in [6.45, 7) is 0.526. The van der Waals surface area contributed by atoms with Crippen molar-refractivity contribution in [2.75, 3.05) is 31.3 Å². The number of hydrogen-bond donors (Lipinski definition) is 2. The number of nitrogens with one attached hydrogen (secondary N) is 1. The molecule has 0 spiro atoms. The van der Waals surface area contributed by atoms with Crippen LogP contribution in [0, 0.1) is 0 Å². The van der Waals surface area contributed by atoms with Crippen LogP contribution in [0.5, 0.6) is 0 Å². The van der Waals surface area contributed by atoms with Gasteiger partial charge in [0.15, 0.2) is 5.69 Å². The number of aromatic amines is 1. The molecule has 0 aliphatic rings. The Hall–Kier alpha value is -3.96. The molecule has 0 bridgehead atoms. The van der Waals surface area contributed by atoms with Gasteiger partial charge in [-0.2, -0.15) is 0 Å². The van der Waals surface area contributed by atoms with E-state index in [0.29, 0.717) is 18.1 Å². The van der Waals surface area contributed by atoms with Crippen LogP contribution < -0.4 is 21.9 Å². The lowest BCUT2D eigenvalue weighted by Gasteiger charge is -2.23. The highest BCUT2D eigenvalue weighted by atomic mass is 32.1. The Morgan fingerprint density at radius 1 is 1.18 bits per heavy atom. The minimum Gasteiger partial charge on any atom is -0.444 e. The number of aromatic nitrogens is 3. The monoisotopic (exact) mass is 480 g/mol. The number of oxazole rings is 1. The normalized spacial score (nSPS) is 11.1. The molecule has 0 saturated carbocycles. The third kappa shape index (κ3) is 5.00. The molecular formula is C23H24N6O4S. The summed E-state index contributed by atoms with van der Waals surface area (Å²) in [7, 11) is 3.22. The average molecular weight is 481 g/mol. The zero-order chi connectivity index (χ0) is 24.2. The number of nitrogen functional groups attached to an aromatic ring is 1. The van der Waals surface area contributed by atoms with Crippen molar-refractivity contribution in [1.29, 1.82) is 0 Å². The Labute approximate surface area is 198 Å². The third-order valence-corrected chi connectivity index (χ3v) is 6.09. The van der Waals surface area contributed by atoms with E-state index in [0.717, 1.165) is 10.4 Å². The summed E-state index contributed by atoms with van der Waals surface area (Å²) in [5.74, 6) is 0.0848. The molecule has 0 fully saturated rings. The number of nitrogens with zero attached hydrogens (tertiary/aromatic N) is 4. The molecule has 0 saturated heterocycles. The molecule has 0 atom stereocenters. The first-order chi connectivity index (χ1) is 16.3. The second-order valence-electron chi connectivity index (χ2n) is 7.81. The van der Waals surface area contributed by atoms with Crippen molar-refractivity contribution in [3.8, 4) is 10.8 Å². The Morgan fingerprint density at radius 3 is 2.65 bits per heavy atom. The van der Waals surface area contributed by atoms with E-state index in [9.17, 15) is 14.4 Å². The molecule has 3 heterocycles. The van der Waals surface area contributed by atoms with Crippen molar-refractivity contribution in [2.45, 2.75) is 13.1 Å². The lowest BCUT2D eigenvalue weighted by Crippen LogP contribution is -2.42. The molecule has 1 amide bonds. The number of rotatable bonds is 8. The predicted octanol–water partition coefficient (Wildman–Crippen LogP) is 1.98. The summed E-state index contributed by atoms with van der Waals surface area (Å²) in [5.41, 5.74) is 6.26. The number of H-pyrrole nitrogens is 1. The Kier molecular flexibility index (Phi) is 6.75. The van der Waals surface area contributed by atoms with Gasteiger partial charge in [-0.15, -0.1) is 11.3 Å². The molecule has 10 nitrogen and oxygen atoms in total. The maximum absolute atomic E-state index is 12.9. The smallest absolute Gasteiger partial charge is 0.330 e. The summed E-state index contributed by atoms with van der Waals surface area (Å²) in [6.07, 6.45) is 1.56. The quantitative estimate of drug-likeness (QED) is 0.394. The zero-order valence-corrected chi connectivity index (χ0v) is 19.5. The van der Waals surface area contributed by atoms with E-state index < -0.39 is 11.2 Å². The van der Waals surface area contributed by atoms with Gasteiger partial charge in [0.05, 0.1) is 23.7 Å². The number of hydrogen-bond acceptors (Lipinski definition) is 8. The molecule has 3 aromatic heterocycles. The van der Waals surface area contributed by atoms with Crippen molar-refractivity contribution in [2.24, 2.45) is 0 Å². The Morgan fingerprint density at radius 2 is 1.94 bits per heavy atom. The third-order valence-electron chi connectivity index (χ3n) is 5.23. The van der Waals surface area contributed by atoms with Gasteiger partial charge in [-0.05, 0) is 24.1 Å². The van der Waals surface area contributed by atoms with Gasteiger partial charge in [0, 0.05) is 13.6 Å². The molecule has 34 heavy (non-hydrogen) atoms. The number of carbonyl (C=O) groups is 1. The number of nitrogens with two attached hydrogens (primary N) is 1. The maximum atomic E-state index is 12.9. The van der Waals surface area contributed by atoms with E-state index >= 15 is 0 Å². The number of thiophene rings is 1. The van der Waals surface area contributed by atoms with Gasteiger partial charge in [-0.25, -0.2) is 9.78 Å². The van der Waals surface area contributed by atoms with Crippen LogP contribution in [-0.2, 0) is 17.9 Å². The van der Waals surface area contributed by atoms with Gasteiger partial charge in [0.25, 0.3) is 5.56 Å². The summed E-state index contributed by atoms with van der Waals surface area (Å²) in [6, 6.07) is 13.1. The van der Waals surface area contributed by atoms with Crippen LogP contribution in [0.15, 0.2) is 68.1 Å². The summed E-state index contributed by atoms with van der Waals surface area (Å²) >= 11 is 1.53. The van der Waals surface area contributed by atoms with E-state index in [-0.39, 0.29) is 30.5 Å². The first-order valence-corrected chi connectivity index (χ1v) is 11.3. The SMILES string of the molecule is CN(CC(=O)N(C)c1c(N)n(Cc2ccccc2)c(=O)[nH]c1=O)Cc1coc(-c2cccs2)n1. The van der Waals surface area contributed by atoms with Gasteiger partial charge >= 0.3 is 5.69 Å². The van der Waals surface area contributed by atoms with Crippen molar-refractivity contribution >= 4 is 28.7 Å². The fourth-order valence-corrected chi connectivity index (χ4v) is 4.17. The standard InChI is InChI=1S/C23H24N6O4S/c1-27(12-16-14-33-22(25-16)17-9-6-10-34-17)13-18(30)28(2)19-20(24)29(23(32)26-21(19)31)11-15-7-4-3-5-8-15/h3-10,14H,11-13,24H2,1-2H3,(H,26,31,32). The summed E-state index contributed by atoms with van der Waals surface area (Å²) in [5, 5.41) is 1.94. The molecule has 0 aliphatic carbocycles. The van der Waals surface area contributed by atoms with E-state index in [1.807, 2.05) is 47.8 Å². The average Bonchev–Trinajstić information content (AvgIpc) is 3.49. The lowest BCUT2D eigenvalue weighted by atomic mass is 10.2. The molecule has 0 radical (unpaired) electrons. The predicted molar refractivity (Wildman–Crippen MR) is 131 cm³/mol. The molecule has 4 aromatic rings. The van der Waals surface area contributed by atoms with Crippen LogP contribution in [0.25, 0.3) is 10.8 Å². The van der Waals surface area contributed by atoms with Gasteiger partial charge < -0.3 is 15.1 Å². The van der Waals surface area contributed by atoms with Gasteiger partial charge in [0.2, 0.25) is 11.8 Å². The second kappa shape index (κ2) is 9.89. The van der Waals surface area contributed by atoms with Crippen LogP contribution in [-0.4, -0.2) is 46.0 Å². The van der Waals surface area contributed by atoms with Crippen molar-refractivity contribution in [3.63, 3.8) is 0 Å². The van der Waals surface area contributed by atoms with Crippen molar-refractivity contribution in [3.05, 3.63) is 86.2 Å². The molecule has 11 heteroatoms. The molecule has 1 aromatic carbocycles. The van der Waals surface area contributed by atoms with Gasteiger partial charge in [0.1, 0.15) is 12.1 Å². The molecular weight excluding hydrogens is 456 g/mol. The number of amides is 1. The molecule has 3 N–H and O–H groups in total. The van der Waals surface area contributed by atoms with E-state index in [1.54, 1.807) is 18.2 Å². The van der Waals surface area contributed by atoms with E-state index in [4.69, 9.17) is 10.2 Å². The Balaban J connectivity index is 1.48. The number of carbonyl (C=O) groups excluding carboxylic acids is 1. The highest BCUT2D eigenvalue weighted by Gasteiger charge is 2.22. The topological polar surface area (TPSA) is 130 Å². The van der Waals surface area contributed by atoms with Crippen LogP contribution in [0.2, 0.25) is 0 Å². The minimum atomic E-state index is -0.720. The number of benzene rings is 1. The van der Waals surface area contributed by atoms with Gasteiger partial charge in [-0.1, -0.05) is 36.4 Å². The van der Waals surface area contributed by atoms with E-state index in [1.165, 1.54) is 27.9 Å². The first kappa shape index (κ1) is 23.2.